The first-order valence-corrected chi connectivity index (χ1v) is 11.3. The third-order valence-electron chi connectivity index (χ3n) is 5.71. The van der Waals surface area contributed by atoms with Gasteiger partial charge in [-0.3, -0.25) is 14.6 Å². The molecule has 1 atom stereocenters. The highest BCUT2D eigenvalue weighted by atomic mass is 127. The summed E-state index contributed by atoms with van der Waals surface area (Å²) < 4.78 is 7.69. The maximum absolute atomic E-state index is 5.79. The lowest BCUT2D eigenvalue weighted by atomic mass is 10.1. The maximum Gasteiger partial charge on any atom is 0.194 e. The molecule has 2 aromatic rings. The summed E-state index contributed by atoms with van der Waals surface area (Å²) in [6.07, 6.45) is 7.71. The monoisotopic (exact) mass is 542 g/mol. The minimum atomic E-state index is 0. The zero-order valence-electron chi connectivity index (χ0n) is 19.7. The molecule has 1 N–H and O–H groups in total. The third-order valence-corrected chi connectivity index (χ3v) is 5.71. The molecule has 0 radical (unpaired) electrons. The molecule has 1 fully saturated rings. The van der Waals surface area contributed by atoms with Crippen molar-refractivity contribution in [1.82, 2.24) is 24.9 Å². The van der Waals surface area contributed by atoms with Gasteiger partial charge in [0.15, 0.2) is 5.96 Å². The number of aliphatic imine (C=N–C) groups is 1. The van der Waals surface area contributed by atoms with E-state index < -0.39 is 0 Å². The van der Waals surface area contributed by atoms with Gasteiger partial charge in [0.1, 0.15) is 5.76 Å². The molecule has 1 saturated heterocycles. The zero-order valence-corrected chi connectivity index (χ0v) is 22.0. The SMILES string of the molecule is CCNC(=NCC(c1ccco1)N1CCCCC1)N(C)Cc1cn(C)nc1C(C)C.I. The van der Waals surface area contributed by atoms with Crippen LogP contribution in [0.2, 0.25) is 0 Å². The maximum atomic E-state index is 5.79. The Morgan fingerprint density at radius 1 is 1.29 bits per heavy atom. The molecular formula is C23H39IN6O. The van der Waals surface area contributed by atoms with Crippen LogP contribution in [0.4, 0.5) is 0 Å². The van der Waals surface area contributed by atoms with Crippen LogP contribution in [0.5, 0.6) is 0 Å². The van der Waals surface area contributed by atoms with E-state index in [-0.39, 0.29) is 30.0 Å². The van der Waals surface area contributed by atoms with E-state index in [0.717, 1.165) is 43.6 Å². The van der Waals surface area contributed by atoms with Crippen LogP contribution in [0, 0.1) is 0 Å². The lowest BCUT2D eigenvalue weighted by molar-refractivity contribution is 0.150. The van der Waals surface area contributed by atoms with Crippen LogP contribution in [-0.4, -0.2) is 58.8 Å². The second kappa shape index (κ2) is 12.5. The van der Waals surface area contributed by atoms with Crippen molar-refractivity contribution in [2.45, 2.75) is 58.5 Å². The molecule has 2 aromatic heterocycles. The highest BCUT2D eigenvalue weighted by Crippen LogP contribution is 2.25. The summed E-state index contributed by atoms with van der Waals surface area (Å²) in [5, 5.41) is 8.11. The molecule has 0 bridgehead atoms. The summed E-state index contributed by atoms with van der Waals surface area (Å²) in [7, 11) is 4.09. The number of aromatic nitrogens is 2. The third kappa shape index (κ3) is 6.97. The van der Waals surface area contributed by atoms with Crippen LogP contribution < -0.4 is 5.32 Å². The first-order valence-electron chi connectivity index (χ1n) is 11.3. The van der Waals surface area contributed by atoms with Crippen molar-refractivity contribution in [2.75, 3.05) is 33.2 Å². The van der Waals surface area contributed by atoms with E-state index in [4.69, 9.17) is 9.41 Å². The largest absolute Gasteiger partial charge is 0.468 e. The molecule has 7 nitrogen and oxygen atoms in total. The Kier molecular flexibility index (Phi) is 10.3. The molecule has 1 aliphatic heterocycles. The first-order chi connectivity index (χ1) is 14.5. The average molecular weight is 543 g/mol. The van der Waals surface area contributed by atoms with Crippen molar-refractivity contribution in [2.24, 2.45) is 12.0 Å². The molecule has 174 valence electrons. The minimum absolute atomic E-state index is 0. The number of hydrogen-bond donors (Lipinski definition) is 1. The number of piperidine rings is 1. The normalized spacial score (nSPS) is 16.3. The van der Waals surface area contributed by atoms with Crippen molar-refractivity contribution < 1.29 is 4.42 Å². The van der Waals surface area contributed by atoms with Crippen molar-refractivity contribution in [3.05, 3.63) is 41.6 Å². The van der Waals surface area contributed by atoms with Crippen LogP contribution in [-0.2, 0) is 13.6 Å². The van der Waals surface area contributed by atoms with Gasteiger partial charge >= 0.3 is 0 Å². The van der Waals surface area contributed by atoms with Crippen LogP contribution in [0.15, 0.2) is 34.0 Å². The number of furan rings is 1. The van der Waals surface area contributed by atoms with Gasteiger partial charge in [-0.2, -0.15) is 5.10 Å². The molecule has 31 heavy (non-hydrogen) atoms. The molecule has 8 heteroatoms. The number of nitrogens with zero attached hydrogens (tertiary/aromatic N) is 5. The molecule has 0 spiro atoms. The predicted molar refractivity (Wildman–Crippen MR) is 137 cm³/mol. The number of aryl methyl sites for hydroxylation is 1. The summed E-state index contributed by atoms with van der Waals surface area (Å²) in [5.74, 6) is 2.33. The number of halogens is 1. The van der Waals surface area contributed by atoms with Crippen LogP contribution in [0.25, 0.3) is 0 Å². The van der Waals surface area contributed by atoms with E-state index in [1.54, 1.807) is 6.26 Å². The molecule has 0 aliphatic carbocycles. The number of guanidine groups is 1. The van der Waals surface area contributed by atoms with Gasteiger partial charge < -0.3 is 14.6 Å². The average Bonchev–Trinajstić information content (AvgIpc) is 3.38. The minimum Gasteiger partial charge on any atom is -0.468 e. The van der Waals surface area contributed by atoms with E-state index >= 15 is 0 Å². The van der Waals surface area contributed by atoms with Gasteiger partial charge in [-0.1, -0.05) is 20.3 Å². The fraction of sp³-hybridized carbons (Fsp3) is 0.652. The predicted octanol–water partition coefficient (Wildman–Crippen LogP) is 4.38. The second-order valence-electron chi connectivity index (χ2n) is 8.55. The Bertz CT molecular complexity index is 795. The Balaban J connectivity index is 0.00000341. The summed E-state index contributed by atoms with van der Waals surface area (Å²) >= 11 is 0. The van der Waals surface area contributed by atoms with Gasteiger partial charge in [-0.25, -0.2) is 0 Å². The molecular weight excluding hydrogens is 503 g/mol. The summed E-state index contributed by atoms with van der Waals surface area (Å²) in [6, 6.07) is 4.24. The number of rotatable bonds is 8. The molecule has 0 amide bonds. The van der Waals surface area contributed by atoms with Gasteiger partial charge in [0.05, 0.1) is 24.5 Å². The van der Waals surface area contributed by atoms with Crippen molar-refractivity contribution in [1.29, 1.82) is 0 Å². The number of nitrogens with one attached hydrogen (secondary N) is 1. The van der Waals surface area contributed by atoms with Gasteiger partial charge in [0.25, 0.3) is 0 Å². The van der Waals surface area contributed by atoms with Crippen LogP contribution in [0.1, 0.15) is 69.0 Å². The first kappa shape index (κ1) is 25.7. The van der Waals surface area contributed by atoms with Crippen LogP contribution in [0.3, 0.4) is 0 Å². The van der Waals surface area contributed by atoms with E-state index in [9.17, 15) is 0 Å². The quantitative estimate of drug-likeness (QED) is 0.305. The summed E-state index contributed by atoms with van der Waals surface area (Å²) in [6.45, 7) is 11.0. The Morgan fingerprint density at radius 3 is 2.65 bits per heavy atom. The van der Waals surface area contributed by atoms with Gasteiger partial charge in [-0.15, -0.1) is 24.0 Å². The number of likely N-dealkylation sites (tertiary alicyclic amines) is 1. The lowest BCUT2D eigenvalue weighted by Gasteiger charge is -2.33. The molecule has 1 aliphatic rings. The van der Waals surface area contributed by atoms with Gasteiger partial charge in [-0.05, 0) is 50.9 Å². The van der Waals surface area contributed by atoms with E-state index in [1.165, 1.54) is 24.8 Å². The van der Waals surface area contributed by atoms with Crippen molar-refractivity contribution >= 4 is 29.9 Å². The number of hydrogen-bond acceptors (Lipinski definition) is 4. The Labute approximate surface area is 204 Å². The van der Waals surface area contributed by atoms with Gasteiger partial charge in [0.2, 0.25) is 0 Å². The smallest absolute Gasteiger partial charge is 0.194 e. The molecule has 3 rings (SSSR count). The molecule has 1 unspecified atom stereocenters. The highest BCUT2D eigenvalue weighted by molar-refractivity contribution is 14.0. The lowest BCUT2D eigenvalue weighted by Crippen LogP contribution is -2.40. The fourth-order valence-corrected chi connectivity index (χ4v) is 4.23. The second-order valence-corrected chi connectivity index (χ2v) is 8.55. The zero-order chi connectivity index (χ0) is 21.5. The van der Waals surface area contributed by atoms with E-state index in [0.29, 0.717) is 12.5 Å². The fourth-order valence-electron chi connectivity index (χ4n) is 4.23. The van der Waals surface area contributed by atoms with Crippen LogP contribution >= 0.6 is 24.0 Å². The molecule has 0 aromatic carbocycles. The highest BCUT2D eigenvalue weighted by Gasteiger charge is 2.25. The molecule has 0 saturated carbocycles. The van der Waals surface area contributed by atoms with Crippen molar-refractivity contribution in [3.63, 3.8) is 0 Å². The molecule has 3 heterocycles. The van der Waals surface area contributed by atoms with E-state index in [1.807, 2.05) is 17.8 Å². The summed E-state index contributed by atoms with van der Waals surface area (Å²) in [5.41, 5.74) is 2.40. The van der Waals surface area contributed by atoms with E-state index in [2.05, 4.69) is 60.3 Å². The van der Waals surface area contributed by atoms with Gasteiger partial charge in [0, 0.05) is 38.9 Å². The topological polar surface area (TPSA) is 61.8 Å². The van der Waals surface area contributed by atoms with Crippen molar-refractivity contribution in [3.8, 4) is 0 Å². The Morgan fingerprint density at radius 2 is 2.03 bits per heavy atom. The Hall–Kier alpha value is -1.55. The summed E-state index contributed by atoms with van der Waals surface area (Å²) in [4.78, 5) is 9.74. The standard InChI is InChI=1S/C23H38N6O.HI/c1-6-24-23(27(4)16-19-17-28(5)26-22(19)18(2)3)25-15-20(21-11-10-14-30-21)29-12-8-7-9-13-29;/h10-11,14,17-18,20H,6-9,12-13,15-16H2,1-5H3,(H,24,25);1H.